The Hall–Kier alpha value is -1.60. The number of aliphatic hydroxyl groups excluding tert-OH is 1. The molecule has 0 aliphatic carbocycles. The molecule has 156 valence electrons. The third-order valence-corrected chi connectivity index (χ3v) is 5.52. The number of aryl methyl sites for hydroxylation is 1. The standard InChI is InChI=1S/C22H33NO4S/c24-19-14-18(15-20(25)16-19)22(26)17-23-10-4-1-2-5-11-27-12-6-3-8-21-9-7-13-28-21/h7,9,13-16,22-26H,1-6,8,10-12,17H2. The van der Waals surface area contributed by atoms with E-state index in [1.54, 1.807) is 0 Å². The van der Waals surface area contributed by atoms with Gasteiger partial charge in [0.1, 0.15) is 11.5 Å². The van der Waals surface area contributed by atoms with Gasteiger partial charge < -0.3 is 25.4 Å². The second-order valence-electron chi connectivity index (χ2n) is 7.07. The van der Waals surface area contributed by atoms with E-state index in [0.717, 1.165) is 58.3 Å². The monoisotopic (exact) mass is 407 g/mol. The normalized spacial score (nSPS) is 12.3. The van der Waals surface area contributed by atoms with Crippen LogP contribution in [0.15, 0.2) is 35.7 Å². The number of phenolic OH excluding ortho intramolecular Hbond substituents is 2. The van der Waals surface area contributed by atoms with Crippen molar-refractivity contribution in [3.05, 3.63) is 46.2 Å². The van der Waals surface area contributed by atoms with Gasteiger partial charge in [-0.2, -0.15) is 0 Å². The third kappa shape index (κ3) is 9.55. The molecule has 6 heteroatoms. The van der Waals surface area contributed by atoms with Crippen LogP contribution in [0.1, 0.15) is 55.1 Å². The molecule has 4 N–H and O–H groups in total. The van der Waals surface area contributed by atoms with Crippen LogP contribution in [0.25, 0.3) is 0 Å². The number of ether oxygens (including phenoxy) is 1. The van der Waals surface area contributed by atoms with Gasteiger partial charge in [0.05, 0.1) is 6.10 Å². The predicted molar refractivity (Wildman–Crippen MR) is 114 cm³/mol. The lowest BCUT2D eigenvalue weighted by Crippen LogP contribution is -2.22. The Morgan fingerprint density at radius 2 is 1.64 bits per heavy atom. The summed E-state index contributed by atoms with van der Waals surface area (Å²) in [4.78, 5) is 1.46. The van der Waals surface area contributed by atoms with Crippen LogP contribution in [0.2, 0.25) is 0 Å². The van der Waals surface area contributed by atoms with Crippen molar-refractivity contribution >= 4 is 11.3 Å². The van der Waals surface area contributed by atoms with Crippen molar-refractivity contribution < 1.29 is 20.1 Å². The molecule has 0 amide bonds. The Balaban J connectivity index is 1.36. The molecule has 0 aliphatic rings. The van der Waals surface area contributed by atoms with Crippen LogP contribution in [0.5, 0.6) is 11.5 Å². The van der Waals surface area contributed by atoms with Crippen molar-refractivity contribution in [3.63, 3.8) is 0 Å². The molecule has 5 nitrogen and oxygen atoms in total. The summed E-state index contributed by atoms with van der Waals surface area (Å²) in [5, 5.41) is 34.3. The Kier molecular flexibility index (Phi) is 11.0. The molecular weight excluding hydrogens is 374 g/mol. The minimum atomic E-state index is -0.744. The molecule has 1 unspecified atom stereocenters. The maximum absolute atomic E-state index is 10.1. The van der Waals surface area contributed by atoms with Crippen LogP contribution in [0.4, 0.5) is 0 Å². The first-order chi connectivity index (χ1) is 13.6. The van der Waals surface area contributed by atoms with Gasteiger partial charge in [0.15, 0.2) is 0 Å². The van der Waals surface area contributed by atoms with E-state index in [2.05, 4.69) is 22.8 Å². The maximum Gasteiger partial charge on any atom is 0.119 e. The van der Waals surface area contributed by atoms with Gasteiger partial charge in [-0.05, 0) is 67.8 Å². The lowest BCUT2D eigenvalue weighted by Gasteiger charge is -2.13. The quantitative estimate of drug-likeness (QED) is 0.329. The lowest BCUT2D eigenvalue weighted by molar-refractivity contribution is 0.126. The highest BCUT2D eigenvalue weighted by molar-refractivity contribution is 7.09. The highest BCUT2D eigenvalue weighted by Gasteiger charge is 2.09. The average Bonchev–Trinajstić information content (AvgIpc) is 3.18. The summed E-state index contributed by atoms with van der Waals surface area (Å²) in [6, 6.07) is 8.48. The van der Waals surface area contributed by atoms with E-state index < -0.39 is 6.10 Å². The lowest BCUT2D eigenvalue weighted by atomic mass is 10.1. The SMILES string of the molecule is Oc1cc(O)cc(C(O)CNCCCCCCOCCCCc2cccs2)c1. The van der Waals surface area contributed by atoms with Crippen LogP contribution in [0, 0.1) is 0 Å². The first-order valence-electron chi connectivity index (χ1n) is 10.2. The van der Waals surface area contributed by atoms with Crippen molar-refractivity contribution in [1.29, 1.82) is 0 Å². The van der Waals surface area contributed by atoms with Gasteiger partial charge >= 0.3 is 0 Å². The van der Waals surface area contributed by atoms with Crippen molar-refractivity contribution in [3.8, 4) is 11.5 Å². The van der Waals surface area contributed by atoms with Gasteiger partial charge in [-0.3, -0.25) is 0 Å². The van der Waals surface area contributed by atoms with Crippen molar-refractivity contribution in [2.45, 2.75) is 51.0 Å². The fraction of sp³-hybridized carbons (Fsp3) is 0.545. The zero-order valence-corrected chi connectivity index (χ0v) is 17.3. The van der Waals surface area contributed by atoms with Crippen LogP contribution in [-0.4, -0.2) is 41.6 Å². The molecule has 0 radical (unpaired) electrons. The topological polar surface area (TPSA) is 82.0 Å². The average molecular weight is 408 g/mol. The first kappa shape index (κ1) is 22.7. The Morgan fingerprint density at radius 3 is 2.36 bits per heavy atom. The number of aromatic hydroxyl groups is 2. The Bertz CT molecular complexity index is 628. The van der Waals surface area contributed by atoms with E-state index >= 15 is 0 Å². The highest BCUT2D eigenvalue weighted by Crippen LogP contribution is 2.24. The molecule has 0 spiro atoms. The third-order valence-electron chi connectivity index (χ3n) is 4.58. The summed E-state index contributed by atoms with van der Waals surface area (Å²) in [6.45, 7) is 2.93. The highest BCUT2D eigenvalue weighted by atomic mass is 32.1. The van der Waals surface area contributed by atoms with Crippen LogP contribution >= 0.6 is 11.3 Å². The summed E-state index contributed by atoms with van der Waals surface area (Å²) in [7, 11) is 0. The molecular formula is C22H33NO4S. The van der Waals surface area contributed by atoms with Gasteiger partial charge in [-0.1, -0.05) is 18.9 Å². The fourth-order valence-corrected chi connectivity index (χ4v) is 3.79. The summed E-state index contributed by atoms with van der Waals surface area (Å²) in [6.07, 6.45) is 7.18. The van der Waals surface area contributed by atoms with Gasteiger partial charge in [0, 0.05) is 30.7 Å². The Morgan fingerprint density at radius 1 is 0.929 bits per heavy atom. The molecule has 0 aliphatic heterocycles. The largest absolute Gasteiger partial charge is 0.508 e. The number of aliphatic hydroxyl groups is 1. The molecule has 1 heterocycles. The Labute approximate surface area is 172 Å². The van der Waals surface area contributed by atoms with E-state index in [1.165, 1.54) is 29.5 Å². The van der Waals surface area contributed by atoms with E-state index in [1.807, 2.05) is 11.3 Å². The number of hydrogen-bond donors (Lipinski definition) is 4. The van der Waals surface area contributed by atoms with Gasteiger partial charge in [-0.25, -0.2) is 0 Å². The van der Waals surface area contributed by atoms with Crippen LogP contribution < -0.4 is 5.32 Å². The summed E-state index contributed by atoms with van der Waals surface area (Å²) < 4.78 is 5.69. The second kappa shape index (κ2) is 13.6. The molecule has 2 rings (SSSR count). The van der Waals surface area contributed by atoms with Gasteiger partial charge in [0.25, 0.3) is 0 Å². The number of benzene rings is 1. The second-order valence-corrected chi connectivity index (χ2v) is 8.10. The fourth-order valence-electron chi connectivity index (χ4n) is 3.03. The molecule has 1 aromatic carbocycles. The summed E-state index contributed by atoms with van der Waals surface area (Å²) in [5.41, 5.74) is 0.512. The number of phenols is 2. The first-order valence-corrected chi connectivity index (χ1v) is 11.0. The summed E-state index contributed by atoms with van der Waals surface area (Å²) >= 11 is 1.83. The number of rotatable bonds is 15. The molecule has 0 bridgehead atoms. The van der Waals surface area contributed by atoms with Crippen LogP contribution in [0.3, 0.4) is 0 Å². The van der Waals surface area contributed by atoms with Crippen molar-refractivity contribution in [2.75, 3.05) is 26.3 Å². The molecule has 0 saturated heterocycles. The molecule has 1 aromatic heterocycles. The van der Waals surface area contributed by atoms with Gasteiger partial charge in [-0.15, -0.1) is 11.3 Å². The molecule has 28 heavy (non-hydrogen) atoms. The van der Waals surface area contributed by atoms with E-state index in [-0.39, 0.29) is 11.5 Å². The zero-order chi connectivity index (χ0) is 20.0. The van der Waals surface area contributed by atoms with Gasteiger partial charge in [0.2, 0.25) is 0 Å². The molecule has 2 aromatic rings. The van der Waals surface area contributed by atoms with Crippen molar-refractivity contribution in [1.82, 2.24) is 5.32 Å². The van der Waals surface area contributed by atoms with Crippen molar-refractivity contribution in [2.24, 2.45) is 0 Å². The van der Waals surface area contributed by atoms with E-state index in [4.69, 9.17) is 4.74 Å². The smallest absolute Gasteiger partial charge is 0.119 e. The molecule has 0 saturated carbocycles. The predicted octanol–water partition coefficient (Wildman–Crippen LogP) is 4.38. The van der Waals surface area contributed by atoms with E-state index in [9.17, 15) is 15.3 Å². The number of thiophene rings is 1. The molecule has 0 fully saturated rings. The number of unbranched alkanes of at least 4 members (excludes halogenated alkanes) is 4. The molecule has 1 atom stereocenters. The minimum absolute atomic E-state index is 0.0428. The number of hydrogen-bond acceptors (Lipinski definition) is 6. The zero-order valence-electron chi connectivity index (χ0n) is 16.5. The van der Waals surface area contributed by atoms with Crippen LogP contribution in [-0.2, 0) is 11.2 Å². The minimum Gasteiger partial charge on any atom is -0.508 e. The van der Waals surface area contributed by atoms with E-state index in [0.29, 0.717) is 12.1 Å². The maximum atomic E-state index is 10.1. The number of nitrogens with one attached hydrogen (secondary N) is 1. The summed E-state index contributed by atoms with van der Waals surface area (Å²) in [5.74, 6) is -0.0856.